The van der Waals surface area contributed by atoms with Gasteiger partial charge in [-0.25, -0.2) is 4.98 Å². The summed E-state index contributed by atoms with van der Waals surface area (Å²) in [4.78, 5) is 4.37. The van der Waals surface area contributed by atoms with E-state index in [2.05, 4.69) is 4.98 Å². The predicted molar refractivity (Wildman–Crippen MR) is 203 cm³/mol. The van der Waals surface area contributed by atoms with Gasteiger partial charge in [0.2, 0.25) is 0 Å². The lowest BCUT2D eigenvalue weighted by Gasteiger charge is -2.19. The molecule has 0 aliphatic carbocycles. The minimum atomic E-state index is -2.66. The molecule has 0 unspecified atom stereocenters. The number of benzene rings is 8. The molecule has 226 valence electrons. The summed E-state index contributed by atoms with van der Waals surface area (Å²) >= 11 is 0. The van der Waals surface area contributed by atoms with Gasteiger partial charge in [0.25, 0.3) is 0 Å². The zero-order valence-electron chi connectivity index (χ0n) is 45.7. The van der Waals surface area contributed by atoms with E-state index in [1.807, 2.05) is 0 Å². The fraction of sp³-hybridized carbons (Fsp3) is 0.0217. The highest BCUT2D eigenvalue weighted by molar-refractivity contribution is 6.21. The van der Waals surface area contributed by atoms with E-state index in [1.54, 1.807) is 24.3 Å². The van der Waals surface area contributed by atoms with E-state index in [1.165, 1.54) is 47.0 Å². The largest absolute Gasteiger partial charge is 0.297 e. The molecule has 0 fully saturated rings. The zero-order valence-corrected chi connectivity index (χ0v) is 24.7. The van der Waals surface area contributed by atoms with Crippen LogP contribution >= 0.6 is 0 Å². The van der Waals surface area contributed by atoms with Crippen molar-refractivity contribution in [3.05, 3.63) is 181 Å². The monoisotopic (exact) mass is 633 g/mol. The summed E-state index contributed by atoms with van der Waals surface area (Å²) in [6.07, 6.45) is 0. The average molecular weight is 634 g/mol. The van der Waals surface area contributed by atoms with Crippen molar-refractivity contribution in [2.45, 2.75) is 6.85 Å². The lowest BCUT2D eigenvalue weighted by Crippen LogP contribution is -1.97. The van der Waals surface area contributed by atoms with Gasteiger partial charge in [-0.15, -0.1) is 0 Å². The van der Waals surface area contributed by atoms with E-state index in [0.29, 0.717) is 16.7 Å². The van der Waals surface area contributed by atoms with Gasteiger partial charge in [0.15, 0.2) is 0 Å². The Balaban J connectivity index is 1.48. The van der Waals surface area contributed by atoms with E-state index in [4.69, 9.17) is 23.3 Å². The molecule has 0 aliphatic rings. The van der Waals surface area contributed by atoms with Gasteiger partial charge in [-0.2, -0.15) is 0 Å². The summed E-state index contributed by atoms with van der Waals surface area (Å²) in [5, 5.41) is -1.02. The molecule has 0 aliphatic heterocycles. The highest BCUT2D eigenvalue weighted by Crippen LogP contribution is 2.45. The third kappa shape index (κ3) is 4.70. The minimum Gasteiger partial charge on any atom is -0.297 e. The van der Waals surface area contributed by atoms with Gasteiger partial charge in [-0.1, -0.05) is 133 Å². The van der Waals surface area contributed by atoms with Crippen LogP contribution in [-0.2, 0) is 0 Å². The first kappa shape index (κ1) is 13.9. The van der Waals surface area contributed by atoms with Gasteiger partial charge in [-0.05, 0) is 115 Å². The molecule has 0 N–H and O–H groups in total. The molecule has 2 heteroatoms. The Morgan fingerprint density at radius 3 is 1.50 bits per heavy atom. The maximum Gasteiger partial charge on any atom is 0.111 e. The van der Waals surface area contributed by atoms with E-state index >= 15 is 0 Å². The SMILES string of the molecule is [2H]c1c([2H])c([2H])c(-c2cc(-c3c([2H])c([2H])c([2H])c([2H])c3[2H])cc(-c3c4c([2H])c([2H])c([2H])c([2H])c4c(-c4ccc(-n5c(C([2H])([2H])[2H])nc6ccccc65)cc4)c4c([2H])c([2H])c([2H])c([2H])c34)c2)c([2H])c1[2H]. The molecule has 0 saturated heterocycles. The lowest BCUT2D eigenvalue weighted by atomic mass is 9.84. The Hall–Kier alpha value is -6.25. The van der Waals surface area contributed by atoms with Crippen LogP contribution in [0.15, 0.2) is 175 Å². The van der Waals surface area contributed by atoms with Crippen LogP contribution in [0, 0.1) is 6.85 Å². The third-order valence-corrected chi connectivity index (χ3v) is 8.15. The number of fused-ring (bicyclic) bond motifs is 3. The molecule has 48 heavy (non-hydrogen) atoms. The molecule has 1 aromatic heterocycles. The Labute approximate surface area is 309 Å². The van der Waals surface area contributed by atoms with Crippen molar-refractivity contribution in [3.63, 3.8) is 0 Å². The molecule has 0 saturated carbocycles. The summed E-state index contributed by atoms with van der Waals surface area (Å²) in [7, 11) is 0. The number of nitrogens with zero attached hydrogens (tertiary/aromatic N) is 2. The standard InChI is InChI=1S/C46H32N2/c1-31-47-43-22-12-13-23-44(43)48(31)38-26-24-34(25-27-38)45-39-18-8-10-20-41(39)46(42-21-11-9-19-40(42)45)37-29-35(32-14-4-2-5-15-32)28-36(30-37)33-16-6-3-7-17-33/h2-30H,1H3/i1D3,2D,3D,4D,5D,6D,7D,8D,9D,10D,11D,14D,15D,16D,17D,18D,19D,20D,21D. The second kappa shape index (κ2) is 11.5. The smallest absolute Gasteiger partial charge is 0.111 e. The van der Waals surface area contributed by atoms with Crippen molar-refractivity contribution in [3.8, 4) is 50.2 Å². The number of rotatable bonds is 5. The minimum absolute atomic E-state index is 0.0616. The second-order valence-electron chi connectivity index (χ2n) is 10.9. The second-order valence-corrected chi connectivity index (χ2v) is 10.9. The number of para-hydroxylation sites is 2. The van der Waals surface area contributed by atoms with Gasteiger partial charge >= 0.3 is 0 Å². The Morgan fingerprint density at radius 2 is 0.958 bits per heavy atom. The maximum atomic E-state index is 9.48. The van der Waals surface area contributed by atoms with E-state index in [9.17, 15) is 5.48 Å². The topological polar surface area (TPSA) is 17.8 Å². The Morgan fingerprint density at radius 1 is 0.479 bits per heavy atom. The number of hydrogen-bond donors (Lipinski definition) is 0. The van der Waals surface area contributed by atoms with Crippen molar-refractivity contribution in [1.82, 2.24) is 9.55 Å². The predicted octanol–water partition coefficient (Wildman–Crippen LogP) is 12.3. The van der Waals surface area contributed by atoms with Gasteiger partial charge < -0.3 is 0 Å². The molecule has 2 nitrogen and oxygen atoms in total. The van der Waals surface area contributed by atoms with Gasteiger partial charge in [-0.3, -0.25) is 4.57 Å². The molecular weight excluding hydrogens is 581 g/mol. The van der Waals surface area contributed by atoms with Gasteiger partial charge in [0, 0.05) is 9.80 Å². The van der Waals surface area contributed by atoms with Crippen molar-refractivity contribution in [2.75, 3.05) is 0 Å². The van der Waals surface area contributed by atoms with Gasteiger partial charge in [0.1, 0.15) is 5.82 Å². The average Bonchev–Trinajstić information content (AvgIpc) is 3.74. The summed E-state index contributed by atoms with van der Waals surface area (Å²) in [6, 6.07) is 4.09. The first-order valence-corrected chi connectivity index (χ1v) is 14.7. The fourth-order valence-corrected chi connectivity index (χ4v) is 6.12. The number of aryl methyl sites for hydroxylation is 1. The lowest BCUT2D eigenvalue weighted by molar-refractivity contribution is 1.00. The molecule has 0 spiro atoms. The Bertz CT molecular complexity index is 3520. The highest BCUT2D eigenvalue weighted by Gasteiger charge is 2.18. The molecular formula is C46H32N2. The fourth-order valence-electron chi connectivity index (χ4n) is 6.12. The summed E-state index contributed by atoms with van der Waals surface area (Å²) in [5.74, 6) is -0.242. The Kier molecular flexibility index (Phi) is 3.33. The summed E-state index contributed by atoms with van der Waals surface area (Å²) < 4.78 is 186. The molecule has 0 amide bonds. The summed E-state index contributed by atoms with van der Waals surface area (Å²) in [6.45, 7) is -2.66. The van der Waals surface area contributed by atoms with Crippen molar-refractivity contribution < 1.29 is 28.8 Å². The van der Waals surface area contributed by atoms with Crippen LogP contribution in [0.4, 0.5) is 0 Å². The quantitative estimate of drug-likeness (QED) is 0.172. The molecule has 0 bridgehead atoms. The first-order chi connectivity index (χ1) is 32.4. The van der Waals surface area contributed by atoms with E-state index < -0.39 is 127 Å². The number of imidazole rings is 1. The molecule has 8 aromatic carbocycles. The molecule has 0 radical (unpaired) electrons. The summed E-state index contributed by atoms with van der Waals surface area (Å²) in [5.41, 5.74) is -0.183. The van der Waals surface area contributed by atoms with Crippen LogP contribution in [0.1, 0.15) is 34.6 Å². The number of hydrogen-bond acceptors (Lipinski definition) is 1. The highest BCUT2D eigenvalue weighted by atomic mass is 15.1. The first-order valence-electron chi connectivity index (χ1n) is 25.2. The maximum absolute atomic E-state index is 9.48. The van der Waals surface area contributed by atoms with E-state index in [-0.39, 0.29) is 60.8 Å². The molecule has 9 aromatic rings. The van der Waals surface area contributed by atoms with Crippen LogP contribution < -0.4 is 0 Å². The third-order valence-electron chi connectivity index (χ3n) is 8.15. The van der Waals surface area contributed by atoms with Crippen LogP contribution in [0.25, 0.3) is 82.8 Å². The number of aromatic nitrogens is 2. The van der Waals surface area contributed by atoms with Crippen molar-refractivity contribution in [1.29, 1.82) is 0 Å². The van der Waals surface area contributed by atoms with E-state index in [0.717, 1.165) is 0 Å². The molecule has 0 atom stereocenters. The zero-order chi connectivity index (χ0) is 50.2. The van der Waals surface area contributed by atoms with Crippen molar-refractivity contribution >= 4 is 32.6 Å². The van der Waals surface area contributed by atoms with Crippen LogP contribution in [0.3, 0.4) is 0 Å². The normalized spacial score (nSPS) is 17.9. The van der Waals surface area contributed by atoms with Crippen molar-refractivity contribution in [2.24, 2.45) is 0 Å². The van der Waals surface area contributed by atoms with Crippen LogP contribution in [0.5, 0.6) is 0 Å². The van der Waals surface area contributed by atoms with Crippen LogP contribution in [-0.4, -0.2) is 9.55 Å². The van der Waals surface area contributed by atoms with Crippen LogP contribution in [0.2, 0.25) is 0 Å². The molecule has 9 rings (SSSR count). The molecule has 1 heterocycles. The van der Waals surface area contributed by atoms with Gasteiger partial charge in [0.05, 0.1) is 35.7 Å².